The number of halogens is 1. The standard InChI is InChI=1S/C11H14FNO4S/c1-13(8-2-3-11(14)15)18(16,17)10-6-4-9(12)5-7-10/h4-7H,2-3,8H2,1H3,(H,14,15)/p-1. The number of carbonyl (C=O) groups excluding carboxylic acids is 1. The normalized spacial score (nSPS) is 11.7. The van der Waals surface area contributed by atoms with Crippen molar-refractivity contribution in [3.8, 4) is 0 Å². The zero-order valence-corrected chi connectivity index (χ0v) is 10.6. The van der Waals surface area contributed by atoms with Crippen molar-refractivity contribution in [1.82, 2.24) is 4.31 Å². The van der Waals surface area contributed by atoms with Crippen molar-refractivity contribution < 1.29 is 22.7 Å². The average Bonchev–Trinajstić information content (AvgIpc) is 2.28. The second kappa shape index (κ2) is 5.92. The minimum absolute atomic E-state index is 0.0279. The zero-order chi connectivity index (χ0) is 13.8. The Kier molecular flexibility index (Phi) is 4.80. The lowest BCUT2D eigenvalue weighted by atomic mass is 10.3. The van der Waals surface area contributed by atoms with Crippen molar-refractivity contribution in [3.63, 3.8) is 0 Å². The molecule has 0 heterocycles. The molecule has 0 saturated heterocycles. The van der Waals surface area contributed by atoms with E-state index in [0.717, 1.165) is 16.4 Å². The molecule has 7 heteroatoms. The van der Waals surface area contributed by atoms with Gasteiger partial charge in [0.15, 0.2) is 0 Å². The third kappa shape index (κ3) is 3.78. The molecule has 0 bridgehead atoms. The van der Waals surface area contributed by atoms with Crippen LogP contribution in [0.15, 0.2) is 29.2 Å². The summed E-state index contributed by atoms with van der Waals surface area (Å²) in [5, 5.41) is 10.2. The van der Waals surface area contributed by atoms with E-state index in [0.29, 0.717) is 0 Å². The third-order valence-electron chi connectivity index (χ3n) is 2.38. The lowest BCUT2D eigenvalue weighted by Gasteiger charge is -2.17. The van der Waals surface area contributed by atoms with E-state index in [1.165, 1.54) is 19.2 Å². The van der Waals surface area contributed by atoms with Crippen molar-refractivity contribution in [2.24, 2.45) is 0 Å². The number of benzene rings is 1. The van der Waals surface area contributed by atoms with E-state index >= 15 is 0 Å². The van der Waals surface area contributed by atoms with E-state index in [4.69, 9.17) is 0 Å². The van der Waals surface area contributed by atoms with Crippen LogP contribution >= 0.6 is 0 Å². The summed E-state index contributed by atoms with van der Waals surface area (Å²) in [6.45, 7) is 0.0632. The Hall–Kier alpha value is -1.47. The molecule has 100 valence electrons. The van der Waals surface area contributed by atoms with E-state index in [-0.39, 0.29) is 24.3 Å². The molecule has 0 saturated carbocycles. The number of carbonyl (C=O) groups is 1. The molecule has 1 aromatic carbocycles. The quantitative estimate of drug-likeness (QED) is 0.730. The fourth-order valence-corrected chi connectivity index (χ4v) is 2.56. The van der Waals surface area contributed by atoms with Gasteiger partial charge in [-0.3, -0.25) is 0 Å². The van der Waals surface area contributed by atoms with E-state index in [1.807, 2.05) is 0 Å². The maximum Gasteiger partial charge on any atom is 0.242 e. The molecule has 0 aliphatic carbocycles. The lowest BCUT2D eigenvalue weighted by Crippen LogP contribution is -2.29. The third-order valence-corrected chi connectivity index (χ3v) is 4.25. The molecule has 0 fully saturated rings. The van der Waals surface area contributed by atoms with Crippen LogP contribution in [0.25, 0.3) is 0 Å². The predicted molar refractivity (Wildman–Crippen MR) is 60.5 cm³/mol. The maximum atomic E-state index is 12.7. The van der Waals surface area contributed by atoms with Crippen LogP contribution in [-0.2, 0) is 14.8 Å². The van der Waals surface area contributed by atoms with Gasteiger partial charge >= 0.3 is 0 Å². The second-order valence-electron chi connectivity index (χ2n) is 3.76. The fraction of sp³-hybridized carbons (Fsp3) is 0.364. The number of hydrogen-bond donors (Lipinski definition) is 0. The van der Waals surface area contributed by atoms with Crippen LogP contribution in [0, 0.1) is 5.82 Å². The summed E-state index contributed by atoms with van der Waals surface area (Å²) in [5.74, 6) is -1.74. The van der Waals surface area contributed by atoms with Gasteiger partial charge in [0.2, 0.25) is 10.0 Å². The minimum Gasteiger partial charge on any atom is -0.550 e. The summed E-state index contributed by atoms with van der Waals surface area (Å²) >= 11 is 0. The summed E-state index contributed by atoms with van der Waals surface area (Å²) < 4.78 is 37.6. The largest absolute Gasteiger partial charge is 0.550 e. The average molecular weight is 274 g/mol. The second-order valence-corrected chi connectivity index (χ2v) is 5.80. The topological polar surface area (TPSA) is 77.5 Å². The highest BCUT2D eigenvalue weighted by molar-refractivity contribution is 7.89. The Bertz CT molecular complexity index is 512. The van der Waals surface area contributed by atoms with Crippen molar-refractivity contribution in [2.45, 2.75) is 17.7 Å². The Morgan fingerprint density at radius 3 is 2.39 bits per heavy atom. The first-order chi connectivity index (χ1) is 8.34. The lowest BCUT2D eigenvalue weighted by molar-refractivity contribution is -0.305. The van der Waals surface area contributed by atoms with Crippen LogP contribution in [0.1, 0.15) is 12.8 Å². The molecule has 18 heavy (non-hydrogen) atoms. The first-order valence-electron chi connectivity index (χ1n) is 5.26. The minimum atomic E-state index is -3.70. The number of nitrogens with zero attached hydrogens (tertiary/aromatic N) is 1. The van der Waals surface area contributed by atoms with Gasteiger partial charge in [0, 0.05) is 19.6 Å². The van der Waals surface area contributed by atoms with Gasteiger partial charge in [-0.05, 0) is 37.1 Å². The maximum absolute atomic E-state index is 12.7. The van der Waals surface area contributed by atoms with Gasteiger partial charge in [0.1, 0.15) is 5.82 Å². The molecule has 1 rings (SSSR count). The van der Waals surface area contributed by atoms with Crippen LogP contribution < -0.4 is 5.11 Å². The van der Waals surface area contributed by atoms with Gasteiger partial charge < -0.3 is 9.90 Å². The van der Waals surface area contributed by atoms with Gasteiger partial charge in [0.05, 0.1) is 4.90 Å². The number of carboxylic acids is 1. The molecule has 0 aliphatic rings. The van der Waals surface area contributed by atoms with Crippen molar-refractivity contribution in [2.75, 3.05) is 13.6 Å². The molecule has 0 atom stereocenters. The van der Waals surface area contributed by atoms with Crippen LogP contribution in [0.4, 0.5) is 4.39 Å². The van der Waals surface area contributed by atoms with E-state index in [1.54, 1.807) is 0 Å². The van der Waals surface area contributed by atoms with Crippen LogP contribution in [0.2, 0.25) is 0 Å². The number of rotatable bonds is 6. The highest BCUT2D eigenvalue weighted by atomic mass is 32.2. The van der Waals surface area contributed by atoms with E-state index < -0.39 is 21.8 Å². The highest BCUT2D eigenvalue weighted by Crippen LogP contribution is 2.15. The Labute approximate surface area is 105 Å². The summed E-state index contributed by atoms with van der Waals surface area (Å²) in [6.07, 6.45) is -0.0392. The highest BCUT2D eigenvalue weighted by Gasteiger charge is 2.19. The Balaban J connectivity index is 2.73. The summed E-state index contributed by atoms with van der Waals surface area (Å²) in [6, 6.07) is 4.45. The monoisotopic (exact) mass is 274 g/mol. The predicted octanol–water partition coefficient (Wildman–Crippen LogP) is -0.0237. The molecule has 0 aromatic heterocycles. The van der Waals surface area contributed by atoms with Crippen molar-refractivity contribution in [3.05, 3.63) is 30.1 Å². The number of sulfonamides is 1. The number of aliphatic carboxylic acids is 1. The van der Waals surface area contributed by atoms with Crippen LogP contribution in [0.5, 0.6) is 0 Å². The van der Waals surface area contributed by atoms with Gasteiger partial charge in [-0.25, -0.2) is 17.1 Å². The molecule has 1 aromatic rings. The first kappa shape index (κ1) is 14.6. The van der Waals surface area contributed by atoms with Gasteiger partial charge in [0.25, 0.3) is 0 Å². The zero-order valence-electron chi connectivity index (χ0n) is 9.80. The number of carboxylic acid groups (broad SMARTS) is 1. The Morgan fingerprint density at radius 2 is 1.89 bits per heavy atom. The molecule has 0 spiro atoms. The molecule has 0 amide bonds. The smallest absolute Gasteiger partial charge is 0.242 e. The Morgan fingerprint density at radius 1 is 1.33 bits per heavy atom. The fourth-order valence-electron chi connectivity index (χ4n) is 1.35. The molecule has 0 aliphatic heterocycles. The van der Waals surface area contributed by atoms with Gasteiger partial charge in [-0.2, -0.15) is 0 Å². The molecule has 0 radical (unpaired) electrons. The van der Waals surface area contributed by atoms with E-state index in [2.05, 4.69) is 0 Å². The van der Waals surface area contributed by atoms with Crippen molar-refractivity contribution in [1.29, 1.82) is 0 Å². The van der Waals surface area contributed by atoms with Gasteiger partial charge in [-0.15, -0.1) is 0 Å². The summed E-state index contributed by atoms with van der Waals surface area (Å²) in [5.41, 5.74) is 0. The molecular weight excluding hydrogens is 261 g/mol. The molecule has 0 N–H and O–H groups in total. The van der Waals surface area contributed by atoms with E-state index in [9.17, 15) is 22.7 Å². The van der Waals surface area contributed by atoms with Gasteiger partial charge in [-0.1, -0.05) is 0 Å². The first-order valence-corrected chi connectivity index (χ1v) is 6.70. The molecular formula is C11H13FNO4S-. The number of hydrogen-bond acceptors (Lipinski definition) is 4. The van der Waals surface area contributed by atoms with Crippen LogP contribution in [-0.4, -0.2) is 32.3 Å². The SMILES string of the molecule is CN(CCCC(=O)[O-])S(=O)(=O)c1ccc(F)cc1. The van der Waals surface area contributed by atoms with Crippen LogP contribution in [0.3, 0.4) is 0 Å². The van der Waals surface area contributed by atoms with Crippen molar-refractivity contribution >= 4 is 16.0 Å². The molecule has 5 nitrogen and oxygen atoms in total. The summed E-state index contributed by atoms with van der Waals surface area (Å²) in [7, 11) is -2.36. The molecule has 0 unspecified atom stereocenters. The summed E-state index contributed by atoms with van der Waals surface area (Å²) in [4.78, 5) is 10.2.